The lowest BCUT2D eigenvalue weighted by Gasteiger charge is -2.08. The van der Waals surface area contributed by atoms with Crippen molar-refractivity contribution in [2.24, 2.45) is 5.73 Å². The molecular weight excluding hydrogens is 230 g/mol. The highest BCUT2D eigenvalue weighted by Crippen LogP contribution is 2.31. The highest BCUT2D eigenvalue weighted by Gasteiger charge is 2.10. The van der Waals surface area contributed by atoms with Crippen molar-refractivity contribution in [3.05, 3.63) is 23.9 Å². The first-order chi connectivity index (χ1) is 8.65. The Morgan fingerprint density at radius 3 is 2.89 bits per heavy atom. The van der Waals surface area contributed by atoms with E-state index in [4.69, 9.17) is 10.5 Å². The number of anilines is 1. The number of aromatic nitrogens is 1. The number of aromatic amines is 1. The van der Waals surface area contributed by atoms with Gasteiger partial charge in [0, 0.05) is 30.3 Å². The largest absolute Gasteiger partial charge is 0.494 e. The Morgan fingerprint density at radius 2 is 2.28 bits per heavy atom. The Labute approximate surface area is 105 Å². The molecule has 2 rings (SSSR count). The van der Waals surface area contributed by atoms with Gasteiger partial charge in [0.1, 0.15) is 5.75 Å². The number of carbonyl (C=O) groups is 1. The van der Waals surface area contributed by atoms with E-state index in [9.17, 15) is 4.79 Å². The first-order valence-electron chi connectivity index (χ1n) is 5.81. The number of methoxy groups -OCH3 is 1. The lowest BCUT2D eigenvalue weighted by Crippen LogP contribution is -2.06. The van der Waals surface area contributed by atoms with E-state index in [1.807, 2.05) is 12.3 Å². The Kier molecular flexibility index (Phi) is 3.53. The van der Waals surface area contributed by atoms with Gasteiger partial charge < -0.3 is 20.8 Å². The number of carbonyl (C=O) groups excluding carboxylic acids is 1. The minimum atomic E-state index is -0.104. The number of nitrogens with one attached hydrogen (secondary N) is 2. The molecule has 1 heterocycles. The molecule has 1 aromatic heterocycles. The van der Waals surface area contributed by atoms with Crippen molar-refractivity contribution in [3.8, 4) is 5.75 Å². The summed E-state index contributed by atoms with van der Waals surface area (Å²) in [6.07, 6.45) is 2.71. The molecular formula is C13H17N3O2. The minimum absolute atomic E-state index is 0.104. The number of fused-ring (bicyclic) bond motifs is 1. The second-order valence-corrected chi connectivity index (χ2v) is 4.13. The van der Waals surface area contributed by atoms with E-state index in [-0.39, 0.29) is 5.91 Å². The summed E-state index contributed by atoms with van der Waals surface area (Å²) in [5, 5.41) is 3.80. The minimum Gasteiger partial charge on any atom is -0.494 e. The van der Waals surface area contributed by atoms with Gasteiger partial charge in [0.05, 0.1) is 12.6 Å². The van der Waals surface area contributed by atoms with Crippen LogP contribution in [0.1, 0.15) is 12.5 Å². The van der Waals surface area contributed by atoms with Crippen LogP contribution in [0.15, 0.2) is 18.3 Å². The Morgan fingerprint density at radius 1 is 1.50 bits per heavy atom. The molecule has 0 aliphatic heterocycles. The molecule has 0 unspecified atom stereocenters. The van der Waals surface area contributed by atoms with Crippen LogP contribution < -0.4 is 15.8 Å². The van der Waals surface area contributed by atoms with E-state index in [1.54, 1.807) is 13.2 Å². The van der Waals surface area contributed by atoms with Gasteiger partial charge in [0.15, 0.2) is 0 Å². The summed E-state index contributed by atoms with van der Waals surface area (Å²) in [6, 6.07) is 3.73. The summed E-state index contributed by atoms with van der Waals surface area (Å²) in [5.41, 5.74) is 8.36. The number of hydrogen-bond donors (Lipinski definition) is 3. The molecule has 96 valence electrons. The molecule has 0 saturated carbocycles. The number of nitrogens with two attached hydrogens (primary N) is 1. The van der Waals surface area contributed by atoms with Gasteiger partial charge >= 0.3 is 0 Å². The Balaban J connectivity index is 2.55. The summed E-state index contributed by atoms with van der Waals surface area (Å²) >= 11 is 0. The molecule has 2 aromatic rings. The number of benzene rings is 1. The van der Waals surface area contributed by atoms with Crippen LogP contribution >= 0.6 is 0 Å². The molecule has 4 N–H and O–H groups in total. The quantitative estimate of drug-likeness (QED) is 0.768. The number of ether oxygens (including phenoxy) is 1. The van der Waals surface area contributed by atoms with Crippen molar-refractivity contribution in [1.82, 2.24) is 4.98 Å². The fourth-order valence-corrected chi connectivity index (χ4v) is 2.05. The molecule has 18 heavy (non-hydrogen) atoms. The van der Waals surface area contributed by atoms with Crippen molar-refractivity contribution in [1.29, 1.82) is 0 Å². The maximum absolute atomic E-state index is 11.1. The van der Waals surface area contributed by atoms with Gasteiger partial charge in [-0.15, -0.1) is 0 Å². The zero-order valence-corrected chi connectivity index (χ0v) is 10.5. The van der Waals surface area contributed by atoms with Gasteiger partial charge in [-0.2, -0.15) is 0 Å². The third-order valence-corrected chi connectivity index (χ3v) is 2.79. The standard InChI is InChI=1S/C13H17N3O2/c1-8(17)16-10-5-11-9(3-4-14)7-15-13(11)12(6-10)18-2/h5-7,15H,3-4,14H2,1-2H3,(H,16,17). The second kappa shape index (κ2) is 5.10. The van der Waals surface area contributed by atoms with E-state index in [0.29, 0.717) is 12.3 Å². The first kappa shape index (κ1) is 12.4. The molecule has 0 atom stereocenters. The van der Waals surface area contributed by atoms with Crippen LogP contribution in [0.25, 0.3) is 10.9 Å². The first-order valence-corrected chi connectivity index (χ1v) is 5.81. The highest BCUT2D eigenvalue weighted by atomic mass is 16.5. The molecule has 0 aliphatic carbocycles. The average Bonchev–Trinajstić information content (AvgIpc) is 2.71. The molecule has 5 heteroatoms. The van der Waals surface area contributed by atoms with Gasteiger partial charge in [-0.1, -0.05) is 0 Å². The van der Waals surface area contributed by atoms with Crippen LogP contribution in [0.4, 0.5) is 5.69 Å². The van der Waals surface area contributed by atoms with Gasteiger partial charge in [-0.3, -0.25) is 4.79 Å². The smallest absolute Gasteiger partial charge is 0.221 e. The summed E-state index contributed by atoms with van der Waals surface area (Å²) in [6.45, 7) is 2.06. The van der Waals surface area contributed by atoms with E-state index in [1.165, 1.54) is 6.92 Å². The molecule has 0 radical (unpaired) electrons. The highest BCUT2D eigenvalue weighted by molar-refractivity contribution is 5.96. The lowest BCUT2D eigenvalue weighted by molar-refractivity contribution is -0.114. The van der Waals surface area contributed by atoms with Gasteiger partial charge in [0.2, 0.25) is 5.91 Å². The van der Waals surface area contributed by atoms with Crippen LogP contribution in [-0.4, -0.2) is 24.5 Å². The summed E-state index contributed by atoms with van der Waals surface area (Å²) < 4.78 is 5.33. The number of hydrogen-bond acceptors (Lipinski definition) is 3. The summed E-state index contributed by atoms with van der Waals surface area (Å²) in [7, 11) is 1.61. The average molecular weight is 247 g/mol. The fraction of sp³-hybridized carbons (Fsp3) is 0.308. The van der Waals surface area contributed by atoms with Crippen LogP contribution in [0.5, 0.6) is 5.75 Å². The molecule has 1 amide bonds. The molecule has 5 nitrogen and oxygen atoms in total. The number of rotatable bonds is 4. The molecule has 0 saturated heterocycles. The Bertz CT molecular complexity index is 575. The summed E-state index contributed by atoms with van der Waals surface area (Å²) in [4.78, 5) is 14.3. The third kappa shape index (κ3) is 2.31. The van der Waals surface area contributed by atoms with E-state index >= 15 is 0 Å². The fourth-order valence-electron chi connectivity index (χ4n) is 2.05. The number of H-pyrrole nitrogens is 1. The Hall–Kier alpha value is -2.01. The second-order valence-electron chi connectivity index (χ2n) is 4.13. The predicted octanol–water partition coefficient (Wildman–Crippen LogP) is 1.64. The summed E-state index contributed by atoms with van der Waals surface area (Å²) in [5.74, 6) is 0.604. The zero-order chi connectivity index (χ0) is 13.1. The molecule has 0 aliphatic rings. The number of amides is 1. The molecule has 0 bridgehead atoms. The van der Waals surface area contributed by atoms with Gasteiger partial charge in [-0.25, -0.2) is 0 Å². The topological polar surface area (TPSA) is 80.1 Å². The SMILES string of the molecule is COc1cc(NC(C)=O)cc2c(CCN)c[nH]c12. The molecule has 0 spiro atoms. The molecule has 1 aromatic carbocycles. The van der Waals surface area contributed by atoms with Crippen LogP contribution in [0, 0.1) is 0 Å². The van der Waals surface area contributed by atoms with Crippen molar-refractivity contribution >= 4 is 22.5 Å². The molecule has 0 fully saturated rings. The van der Waals surface area contributed by atoms with Gasteiger partial charge in [-0.05, 0) is 24.6 Å². The van der Waals surface area contributed by atoms with Crippen molar-refractivity contribution in [2.75, 3.05) is 19.0 Å². The van der Waals surface area contributed by atoms with Crippen molar-refractivity contribution < 1.29 is 9.53 Å². The van der Waals surface area contributed by atoms with Gasteiger partial charge in [0.25, 0.3) is 0 Å². The van der Waals surface area contributed by atoms with Crippen molar-refractivity contribution in [2.45, 2.75) is 13.3 Å². The lowest BCUT2D eigenvalue weighted by atomic mass is 10.1. The zero-order valence-electron chi connectivity index (χ0n) is 10.5. The van der Waals surface area contributed by atoms with Crippen LogP contribution in [0.3, 0.4) is 0 Å². The van der Waals surface area contributed by atoms with E-state index in [0.717, 1.165) is 28.6 Å². The van der Waals surface area contributed by atoms with E-state index in [2.05, 4.69) is 10.3 Å². The van der Waals surface area contributed by atoms with Crippen LogP contribution in [-0.2, 0) is 11.2 Å². The maximum atomic E-state index is 11.1. The van der Waals surface area contributed by atoms with Crippen molar-refractivity contribution in [3.63, 3.8) is 0 Å². The monoisotopic (exact) mass is 247 g/mol. The predicted molar refractivity (Wildman–Crippen MR) is 71.9 cm³/mol. The maximum Gasteiger partial charge on any atom is 0.221 e. The van der Waals surface area contributed by atoms with Crippen LogP contribution in [0.2, 0.25) is 0 Å². The third-order valence-electron chi connectivity index (χ3n) is 2.79. The van der Waals surface area contributed by atoms with E-state index < -0.39 is 0 Å². The normalized spacial score (nSPS) is 10.6.